The molecule has 192 valence electrons. The van der Waals surface area contributed by atoms with E-state index >= 15 is 0 Å². The van der Waals surface area contributed by atoms with Gasteiger partial charge in [-0.25, -0.2) is 4.79 Å². The second-order valence-corrected chi connectivity index (χ2v) is 10.6. The molecule has 0 aliphatic carbocycles. The Hall–Kier alpha value is -3.66. The van der Waals surface area contributed by atoms with Gasteiger partial charge >= 0.3 is 16.1 Å². The first kappa shape index (κ1) is 28.6. The van der Waals surface area contributed by atoms with Gasteiger partial charge in [-0.3, -0.25) is 9.59 Å². The maximum atomic E-state index is 12.9. The average Bonchev–Trinajstić information content (AvgIpc) is 2.84. The van der Waals surface area contributed by atoms with Crippen LogP contribution in [0.1, 0.15) is 34.8 Å². The first-order valence-corrected chi connectivity index (χ1v) is 12.7. The minimum absolute atomic E-state index is 0.00345. The van der Waals surface area contributed by atoms with Crippen LogP contribution in [0.15, 0.2) is 36.4 Å². The van der Waals surface area contributed by atoms with Crippen molar-refractivity contribution in [1.82, 2.24) is 14.5 Å². The van der Waals surface area contributed by atoms with Crippen LogP contribution in [0.4, 0.5) is 10.5 Å². The van der Waals surface area contributed by atoms with E-state index in [1.54, 1.807) is 13.0 Å². The topological polar surface area (TPSA) is 168 Å². The molecule has 4 N–H and O–H groups in total. The number of primary amides is 1. The van der Waals surface area contributed by atoms with Gasteiger partial charge in [-0.2, -0.15) is 13.7 Å². The van der Waals surface area contributed by atoms with Gasteiger partial charge in [0.25, 0.3) is 11.8 Å². The van der Waals surface area contributed by atoms with Gasteiger partial charge < -0.3 is 21.1 Å². The average molecular weight is 537 g/mol. The van der Waals surface area contributed by atoms with Crippen LogP contribution in [0, 0.1) is 11.3 Å². The number of halogens is 1. The van der Waals surface area contributed by atoms with Crippen LogP contribution in [-0.4, -0.2) is 52.7 Å². The third kappa shape index (κ3) is 6.31. The standard InChI is InChI=1S/C23H26ClN5O6S/c1-4-7-36(33,34)29(3,23(26)32)19-10-17(9-18(24)11-19)22(31)28-13-16-6-5-15(12-25)8-20(16)35-14-21(30)27-2/h5-6,8-11H,4,7,13-14H2,1-3H3,(H3-,26,27,28,30,31,32)/p+1. The van der Waals surface area contributed by atoms with E-state index in [-0.39, 0.29) is 53.3 Å². The lowest BCUT2D eigenvalue weighted by atomic mass is 10.1. The van der Waals surface area contributed by atoms with Crippen molar-refractivity contribution in [1.29, 1.82) is 5.26 Å². The van der Waals surface area contributed by atoms with Gasteiger partial charge in [-0.05, 0) is 24.6 Å². The number of ether oxygens (including phenoxy) is 1. The van der Waals surface area contributed by atoms with E-state index in [1.165, 1.54) is 37.4 Å². The van der Waals surface area contributed by atoms with E-state index in [0.29, 0.717) is 11.1 Å². The van der Waals surface area contributed by atoms with Crippen LogP contribution in [0.25, 0.3) is 0 Å². The number of urea groups is 1. The maximum Gasteiger partial charge on any atom is 0.434 e. The van der Waals surface area contributed by atoms with Crippen LogP contribution in [0.2, 0.25) is 5.02 Å². The molecule has 0 radical (unpaired) electrons. The Morgan fingerprint density at radius 2 is 1.89 bits per heavy atom. The Bertz CT molecular complexity index is 1320. The molecule has 2 aromatic rings. The Kier molecular flexibility index (Phi) is 9.41. The van der Waals surface area contributed by atoms with Crippen LogP contribution in [0.5, 0.6) is 5.75 Å². The molecule has 1 atom stereocenters. The summed E-state index contributed by atoms with van der Waals surface area (Å²) in [6, 6.07) is 9.19. The number of nitrogens with one attached hydrogen (secondary N) is 2. The Morgan fingerprint density at radius 1 is 1.19 bits per heavy atom. The molecule has 0 aliphatic rings. The van der Waals surface area contributed by atoms with Crippen LogP contribution in [0.3, 0.4) is 0 Å². The number of nitrogens with two attached hydrogens (primary N) is 1. The minimum atomic E-state index is -4.07. The summed E-state index contributed by atoms with van der Waals surface area (Å²) < 4.78 is 30.0. The highest BCUT2D eigenvalue weighted by molar-refractivity contribution is 7.91. The predicted octanol–water partition coefficient (Wildman–Crippen LogP) is 2.02. The Morgan fingerprint density at radius 3 is 2.47 bits per heavy atom. The minimum Gasteiger partial charge on any atom is -0.483 e. The van der Waals surface area contributed by atoms with E-state index in [1.807, 2.05) is 6.07 Å². The summed E-state index contributed by atoms with van der Waals surface area (Å²) in [5.41, 5.74) is 6.17. The van der Waals surface area contributed by atoms with Gasteiger partial charge in [-0.15, -0.1) is 3.89 Å². The zero-order valence-electron chi connectivity index (χ0n) is 20.0. The number of quaternary nitrogens is 1. The van der Waals surface area contributed by atoms with Gasteiger partial charge in [0, 0.05) is 41.9 Å². The summed E-state index contributed by atoms with van der Waals surface area (Å²) >= 11 is 6.17. The van der Waals surface area contributed by atoms with Gasteiger partial charge in [0.1, 0.15) is 11.5 Å². The first-order chi connectivity index (χ1) is 16.9. The quantitative estimate of drug-likeness (QED) is 0.390. The molecule has 0 saturated carbocycles. The van der Waals surface area contributed by atoms with E-state index in [4.69, 9.17) is 27.3 Å². The molecule has 13 heteroatoms. The number of amides is 4. The molecular weight excluding hydrogens is 510 g/mol. The van der Waals surface area contributed by atoms with Crippen molar-refractivity contribution < 1.29 is 27.5 Å². The van der Waals surface area contributed by atoms with Crippen molar-refractivity contribution in [2.45, 2.75) is 19.9 Å². The SMILES string of the molecule is CCCS(=O)(=O)[N+](C)(C(N)=O)c1cc(Cl)cc(C(=O)NCc2ccc(C#N)cc2OCC(=O)NC)c1. The number of carbonyl (C=O) groups is 3. The van der Waals surface area contributed by atoms with E-state index < -0.39 is 25.8 Å². The Labute approximate surface area is 214 Å². The van der Waals surface area contributed by atoms with Crippen LogP contribution in [-0.2, 0) is 21.4 Å². The highest BCUT2D eigenvalue weighted by Crippen LogP contribution is 2.31. The lowest BCUT2D eigenvalue weighted by Crippen LogP contribution is -2.58. The first-order valence-electron chi connectivity index (χ1n) is 10.7. The Balaban J connectivity index is 2.36. The van der Waals surface area contributed by atoms with E-state index in [2.05, 4.69) is 10.6 Å². The summed E-state index contributed by atoms with van der Waals surface area (Å²) in [5, 5.41) is 14.3. The number of likely N-dealkylation sites (N-methyl/N-ethyl adjacent to an activating group) is 1. The third-order valence-electron chi connectivity index (χ3n) is 5.35. The van der Waals surface area contributed by atoms with Crippen LogP contribution >= 0.6 is 11.6 Å². The van der Waals surface area contributed by atoms with Crippen LogP contribution < -0.4 is 25.0 Å². The molecule has 0 spiro atoms. The second kappa shape index (κ2) is 11.9. The molecule has 1 unspecified atom stereocenters. The maximum absolute atomic E-state index is 12.9. The molecule has 4 amide bonds. The van der Waals surface area contributed by atoms with Crippen molar-refractivity contribution in [3.8, 4) is 11.8 Å². The van der Waals surface area contributed by atoms with Gasteiger partial charge in [0.2, 0.25) is 0 Å². The lowest BCUT2D eigenvalue weighted by Gasteiger charge is -2.28. The fourth-order valence-electron chi connectivity index (χ4n) is 3.21. The molecule has 0 fully saturated rings. The van der Waals surface area contributed by atoms with Gasteiger partial charge in [-0.1, -0.05) is 24.6 Å². The van der Waals surface area contributed by atoms with Gasteiger partial charge in [0.15, 0.2) is 12.3 Å². The van der Waals surface area contributed by atoms with Gasteiger partial charge in [0.05, 0.1) is 18.7 Å². The van der Waals surface area contributed by atoms with Crippen molar-refractivity contribution >= 4 is 45.2 Å². The predicted molar refractivity (Wildman–Crippen MR) is 135 cm³/mol. The molecule has 0 saturated heterocycles. The number of nitriles is 1. The molecule has 0 bridgehead atoms. The largest absolute Gasteiger partial charge is 0.483 e. The molecular formula is C23H27ClN5O6S+. The van der Waals surface area contributed by atoms with E-state index in [9.17, 15) is 22.8 Å². The highest BCUT2D eigenvalue weighted by Gasteiger charge is 2.46. The molecule has 0 heterocycles. The zero-order valence-corrected chi connectivity index (χ0v) is 21.6. The number of nitrogens with zero attached hydrogens (tertiary/aromatic N) is 2. The zero-order chi connectivity index (χ0) is 27.1. The number of benzene rings is 2. The van der Waals surface area contributed by atoms with E-state index in [0.717, 1.165) is 7.05 Å². The lowest BCUT2D eigenvalue weighted by molar-refractivity contribution is -0.122. The highest BCUT2D eigenvalue weighted by atomic mass is 35.5. The third-order valence-corrected chi connectivity index (χ3v) is 8.00. The summed E-state index contributed by atoms with van der Waals surface area (Å²) in [5.74, 6) is -1.08. The van der Waals surface area contributed by atoms with Crippen molar-refractivity contribution in [2.75, 3.05) is 26.5 Å². The number of rotatable bonds is 10. The second-order valence-electron chi connectivity index (χ2n) is 7.83. The molecule has 0 aliphatic heterocycles. The summed E-state index contributed by atoms with van der Waals surface area (Å²) in [4.78, 5) is 36.8. The molecule has 2 aromatic carbocycles. The summed E-state index contributed by atoms with van der Waals surface area (Å²) in [7, 11) is -1.49. The summed E-state index contributed by atoms with van der Waals surface area (Å²) in [6.07, 6.45) is 0.256. The molecule has 2 rings (SSSR count). The number of hydrogen-bond acceptors (Lipinski definition) is 7. The fraction of sp³-hybridized carbons (Fsp3) is 0.304. The van der Waals surface area contributed by atoms with Crippen molar-refractivity contribution in [3.63, 3.8) is 0 Å². The molecule has 11 nitrogen and oxygen atoms in total. The number of sulfonamides is 1. The number of hydrogen-bond donors (Lipinski definition) is 3. The smallest absolute Gasteiger partial charge is 0.434 e. The normalized spacial score (nSPS) is 12.6. The van der Waals surface area contributed by atoms with Crippen molar-refractivity contribution in [3.05, 3.63) is 58.1 Å². The fourth-order valence-corrected chi connectivity index (χ4v) is 5.03. The summed E-state index contributed by atoms with van der Waals surface area (Å²) in [6.45, 7) is 1.31. The monoisotopic (exact) mass is 536 g/mol. The molecule has 36 heavy (non-hydrogen) atoms. The van der Waals surface area contributed by atoms with Crippen molar-refractivity contribution in [2.24, 2.45) is 5.73 Å². The molecule has 0 aromatic heterocycles. The number of carbonyl (C=O) groups excluding carboxylic acids is 3.